The lowest BCUT2D eigenvalue weighted by atomic mass is 9.92. The average Bonchev–Trinajstić information content (AvgIpc) is 2.49. The van der Waals surface area contributed by atoms with Gasteiger partial charge < -0.3 is 14.6 Å². The number of carbonyl (C=O) groups is 1. The Morgan fingerprint density at radius 2 is 2.36 bits per heavy atom. The molecule has 2 unspecified atom stereocenters. The summed E-state index contributed by atoms with van der Waals surface area (Å²) in [6.07, 6.45) is 1.62. The second-order valence-corrected chi connectivity index (χ2v) is 3.53. The molecule has 0 spiro atoms. The summed E-state index contributed by atoms with van der Waals surface area (Å²) in [7, 11) is 0. The highest BCUT2D eigenvalue weighted by Gasteiger charge is 2.44. The van der Waals surface area contributed by atoms with Crippen LogP contribution < -0.4 is 0 Å². The van der Waals surface area contributed by atoms with Gasteiger partial charge in [-0.15, -0.1) is 0 Å². The second kappa shape index (κ2) is 4.75. The van der Waals surface area contributed by atoms with E-state index in [2.05, 4.69) is 0 Å². The van der Waals surface area contributed by atoms with E-state index < -0.39 is 11.8 Å². The first-order valence-corrected chi connectivity index (χ1v) is 5.14. The zero-order chi connectivity index (χ0) is 10.6. The van der Waals surface area contributed by atoms with E-state index in [0.29, 0.717) is 19.6 Å². The fourth-order valence-electron chi connectivity index (χ4n) is 2.08. The summed E-state index contributed by atoms with van der Waals surface area (Å²) in [5.74, 6) is -1.43. The fraction of sp³-hybridized carbons (Fsp3) is 0.900. The topological polar surface area (TPSA) is 55.8 Å². The maximum Gasteiger partial charge on any atom is 0.303 e. The highest BCUT2D eigenvalue weighted by molar-refractivity contribution is 5.67. The van der Waals surface area contributed by atoms with Crippen molar-refractivity contribution < 1.29 is 19.4 Å². The SMILES string of the molecule is CCOC1(CC)OCCC1CC(=O)O. The third kappa shape index (κ3) is 2.25. The van der Waals surface area contributed by atoms with Crippen LogP contribution in [-0.4, -0.2) is 30.1 Å². The maximum atomic E-state index is 10.7. The van der Waals surface area contributed by atoms with Crippen LogP contribution in [0, 0.1) is 5.92 Å². The van der Waals surface area contributed by atoms with Crippen LogP contribution in [0.5, 0.6) is 0 Å². The Hall–Kier alpha value is -0.610. The fourth-order valence-corrected chi connectivity index (χ4v) is 2.08. The van der Waals surface area contributed by atoms with Gasteiger partial charge in [-0.2, -0.15) is 0 Å². The van der Waals surface area contributed by atoms with Crippen molar-refractivity contribution in [3.63, 3.8) is 0 Å². The van der Waals surface area contributed by atoms with Crippen molar-refractivity contribution in [2.24, 2.45) is 5.92 Å². The molecule has 0 bridgehead atoms. The molecule has 0 saturated carbocycles. The summed E-state index contributed by atoms with van der Waals surface area (Å²) in [4.78, 5) is 10.7. The summed E-state index contributed by atoms with van der Waals surface area (Å²) in [6.45, 7) is 5.03. The van der Waals surface area contributed by atoms with E-state index in [4.69, 9.17) is 14.6 Å². The van der Waals surface area contributed by atoms with Crippen molar-refractivity contribution in [3.8, 4) is 0 Å². The number of rotatable bonds is 5. The van der Waals surface area contributed by atoms with E-state index in [0.717, 1.165) is 6.42 Å². The van der Waals surface area contributed by atoms with E-state index in [1.807, 2.05) is 13.8 Å². The zero-order valence-corrected chi connectivity index (χ0v) is 8.78. The van der Waals surface area contributed by atoms with E-state index in [1.165, 1.54) is 0 Å². The molecular weight excluding hydrogens is 184 g/mol. The predicted octanol–water partition coefficient (Wildman–Crippen LogP) is 1.64. The van der Waals surface area contributed by atoms with Crippen molar-refractivity contribution in [2.45, 2.75) is 38.9 Å². The Balaban J connectivity index is 2.66. The lowest BCUT2D eigenvalue weighted by molar-refractivity contribution is -0.232. The molecule has 82 valence electrons. The highest BCUT2D eigenvalue weighted by atomic mass is 16.7. The molecule has 0 aliphatic carbocycles. The lowest BCUT2D eigenvalue weighted by Gasteiger charge is -2.32. The van der Waals surface area contributed by atoms with E-state index in [1.54, 1.807) is 0 Å². The predicted molar refractivity (Wildman–Crippen MR) is 51.0 cm³/mol. The van der Waals surface area contributed by atoms with Gasteiger partial charge in [0.1, 0.15) is 0 Å². The molecule has 0 aromatic heterocycles. The van der Waals surface area contributed by atoms with E-state index in [-0.39, 0.29) is 12.3 Å². The lowest BCUT2D eigenvalue weighted by Crippen LogP contribution is -2.39. The van der Waals surface area contributed by atoms with Crippen LogP contribution in [0.15, 0.2) is 0 Å². The summed E-state index contributed by atoms with van der Waals surface area (Å²) < 4.78 is 11.1. The third-order valence-electron chi connectivity index (χ3n) is 2.74. The molecule has 1 heterocycles. The molecule has 1 aliphatic heterocycles. The van der Waals surface area contributed by atoms with Crippen molar-refractivity contribution >= 4 is 5.97 Å². The standard InChI is InChI=1S/C10H18O4/c1-3-10(13-4-2)8(5-6-14-10)7-9(11)12/h8H,3-7H2,1-2H3,(H,11,12). The van der Waals surface area contributed by atoms with Crippen molar-refractivity contribution in [3.05, 3.63) is 0 Å². The number of hydrogen-bond donors (Lipinski definition) is 1. The molecule has 0 radical (unpaired) electrons. The molecule has 2 atom stereocenters. The van der Waals surface area contributed by atoms with Crippen LogP contribution in [0.2, 0.25) is 0 Å². The third-order valence-corrected chi connectivity index (χ3v) is 2.74. The van der Waals surface area contributed by atoms with Gasteiger partial charge in [-0.1, -0.05) is 6.92 Å². The monoisotopic (exact) mass is 202 g/mol. The molecule has 1 aliphatic rings. The number of carboxylic acids is 1. The molecule has 4 nitrogen and oxygen atoms in total. The first-order valence-electron chi connectivity index (χ1n) is 5.14. The first kappa shape index (κ1) is 11.5. The van der Waals surface area contributed by atoms with Crippen LogP contribution in [-0.2, 0) is 14.3 Å². The number of carboxylic acid groups (broad SMARTS) is 1. The maximum absolute atomic E-state index is 10.7. The number of hydrogen-bond acceptors (Lipinski definition) is 3. The van der Waals surface area contributed by atoms with Crippen LogP contribution >= 0.6 is 0 Å². The minimum atomic E-state index is -0.780. The largest absolute Gasteiger partial charge is 0.481 e. The van der Waals surface area contributed by atoms with Gasteiger partial charge in [-0.25, -0.2) is 0 Å². The molecule has 0 aromatic carbocycles. The van der Waals surface area contributed by atoms with Gasteiger partial charge in [0.15, 0.2) is 5.79 Å². The van der Waals surface area contributed by atoms with Crippen molar-refractivity contribution in [2.75, 3.05) is 13.2 Å². The number of ether oxygens (including phenoxy) is 2. The normalized spacial score (nSPS) is 32.0. The minimum absolute atomic E-state index is 0.00931. The van der Waals surface area contributed by atoms with Crippen molar-refractivity contribution in [1.29, 1.82) is 0 Å². The van der Waals surface area contributed by atoms with Gasteiger partial charge >= 0.3 is 5.97 Å². The molecule has 1 rings (SSSR count). The molecule has 0 aromatic rings. The summed E-state index contributed by atoms with van der Waals surface area (Å²) >= 11 is 0. The summed E-state index contributed by atoms with van der Waals surface area (Å²) in [5.41, 5.74) is 0. The van der Waals surface area contributed by atoms with Crippen molar-refractivity contribution in [1.82, 2.24) is 0 Å². The molecular formula is C10H18O4. The van der Waals surface area contributed by atoms with Gasteiger partial charge in [-0.05, 0) is 19.8 Å². The van der Waals surface area contributed by atoms with E-state index >= 15 is 0 Å². The van der Waals surface area contributed by atoms with Gasteiger partial charge in [-0.3, -0.25) is 4.79 Å². The van der Waals surface area contributed by atoms with Gasteiger partial charge in [0.05, 0.1) is 13.0 Å². The molecule has 1 fully saturated rings. The molecule has 1 saturated heterocycles. The smallest absolute Gasteiger partial charge is 0.303 e. The molecule has 4 heteroatoms. The zero-order valence-electron chi connectivity index (χ0n) is 8.78. The van der Waals surface area contributed by atoms with Crippen LogP contribution in [0.3, 0.4) is 0 Å². The molecule has 14 heavy (non-hydrogen) atoms. The van der Waals surface area contributed by atoms with Gasteiger partial charge in [0.2, 0.25) is 0 Å². The number of aliphatic carboxylic acids is 1. The average molecular weight is 202 g/mol. The van der Waals surface area contributed by atoms with Gasteiger partial charge in [0.25, 0.3) is 0 Å². The summed E-state index contributed by atoms with van der Waals surface area (Å²) in [5, 5.41) is 8.76. The summed E-state index contributed by atoms with van der Waals surface area (Å²) in [6, 6.07) is 0. The van der Waals surface area contributed by atoms with Gasteiger partial charge in [0, 0.05) is 12.5 Å². The second-order valence-electron chi connectivity index (χ2n) is 3.53. The Bertz CT molecular complexity index is 204. The first-order chi connectivity index (χ1) is 6.64. The Kier molecular flexibility index (Phi) is 3.89. The van der Waals surface area contributed by atoms with Crippen LogP contribution in [0.4, 0.5) is 0 Å². The van der Waals surface area contributed by atoms with Crippen LogP contribution in [0.1, 0.15) is 33.1 Å². The quantitative estimate of drug-likeness (QED) is 0.736. The molecule has 1 N–H and O–H groups in total. The Labute approximate surface area is 84.2 Å². The molecule has 0 amide bonds. The Morgan fingerprint density at radius 1 is 1.64 bits per heavy atom. The van der Waals surface area contributed by atoms with E-state index in [9.17, 15) is 4.79 Å². The highest BCUT2D eigenvalue weighted by Crippen LogP contribution is 2.38. The van der Waals surface area contributed by atoms with Crippen LogP contribution in [0.25, 0.3) is 0 Å². The minimum Gasteiger partial charge on any atom is -0.481 e. The Morgan fingerprint density at radius 3 is 2.86 bits per heavy atom.